The number of benzene rings is 1. The first-order valence-corrected chi connectivity index (χ1v) is 11.4. The van der Waals surface area contributed by atoms with E-state index in [4.69, 9.17) is 28.0 Å². The topological polar surface area (TPSA) is 258 Å². The molecule has 216 valence electrons. The van der Waals surface area contributed by atoms with E-state index in [0.717, 1.165) is 0 Å². The number of halogens is 3. The number of aliphatic imine (C=N–C) groups is 1. The van der Waals surface area contributed by atoms with Gasteiger partial charge in [0.15, 0.2) is 11.5 Å². The van der Waals surface area contributed by atoms with Crippen molar-refractivity contribution in [3.63, 3.8) is 0 Å². The summed E-state index contributed by atoms with van der Waals surface area (Å²) >= 11 is 0. The van der Waals surface area contributed by atoms with Gasteiger partial charge in [0.05, 0.1) is 13.0 Å². The predicted molar refractivity (Wildman–Crippen MR) is 131 cm³/mol. The van der Waals surface area contributed by atoms with Gasteiger partial charge in [0.2, 0.25) is 23.6 Å². The average molecular weight is 561 g/mol. The van der Waals surface area contributed by atoms with Gasteiger partial charge in [-0.3, -0.25) is 29.0 Å². The second-order valence-corrected chi connectivity index (χ2v) is 8.43. The number of carbonyl (C=O) groups is 5. The normalized spacial score (nSPS) is 14.2. The molecule has 0 aromatic heterocycles. The van der Waals surface area contributed by atoms with Crippen LogP contribution in [-0.2, 0) is 30.4 Å². The highest BCUT2D eigenvalue weighted by Gasteiger charge is 2.57. The van der Waals surface area contributed by atoms with E-state index in [-0.39, 0.29) is 25.3 Å². The second kappa shape index (κ2) is 14.5. The summed E-state index contributed by atoms with van der Waals surface area (Å²) in [5.74, 6) is -6.87. The van der Waals surface area contributed by atoms with Gasteiger partial charge in [-0.15, -0.1) is 0 Å². The highest BCUT2D eigenvalue weighted by atomic mass is 19.4. The molecule has 17 heteroatoms. The van der Waals surface area contributed by atoms with Crippen LogP contribution in [0.15, 0.2) is 35.3 Å². The van der Waals surface area contributed by atoms with E-state index in [2.05, 4.69) is 10.3 Å². The maximum atomic E-state index is 13.5. The van der Waals surface area contributed by atoms with Gasteiger partial charge in [-0.05, 0) is 18.4 Å². The number of nitrogens with zero attached hydrogens (tertiary/aromatic N) is 1. The van der Waals surface area contributed by atoms with Crippen molar-refractivity contribution in [3.8, 4) is 0 Å². The Labute approximate surface area is 220 Å². The summed E-state index contributed by atoms with van der Waals surface area (Å²) in [6, 6.07) is 5.35. The van der Waals surface area contributed by atoms with Crippen molar-refractivity contribution in [1.29, 1.82) is 0 Å². The number of nitrogens with one attached hydrogen (secondary N) is 3. The Kier molecular flexibility index (Phi) is 12.1. The Hall–Kier alpha value is -4.41. The number of nitrogens with two attached hydrogens (primary N) is 4. The molecule has 0 saturated carbocycles. The van der Waals surface area contributed by atoms with Gasteiger partial charge in [0.25, 0.3) is 0 Å². The molecule has 0 spiro atoms. The smallest absolute Gasteiger partial charge is 0.415 e. The quantitative estimate of drug-likeness (QED) is 0.0644. The Balaban J connectivity index is 2.87. The van der Waals surface area contributed by atoms with Crippen molar-refractivity contribution in [2.75, 3.05) is 13.1 Å². The van der Waals surface area contributed by atoms with Crippen LogP contribution in [0.2, 0.25) is 0 Å². The summed E-state index contributed by atoms with van der Waals surface area (Å²) in [7, 11) is 0. The molecular weight excluding hydrogens is 529 g/mol. The first kappa shape index (κ1) is 32.6. The fourth-order valence-electron chi connectivity index (χ4n) is 3.24. The van der Waals surface area contributed by atoms with Crippen molar-refractivity contribution < 1.29 is 42.3 Å². The van der Waals surface area contributed by atoms with Crippen LogP contribution < -0.4 is 38.9 Å². The van der Waals surface area contributed by atoms with Gasteiger partial charge in [-0.1, -0.05) is 30.3 Å². The third-order valence-corrected chi connectivity index (χ3v) is 5.32. The molecule has 0 radical (unpaired) electrons. The lowest BCUT2D eigenvalue weighted by Crippen LogP contribution is -2.64. The third-order valence-electron chi connectivity index (χ3n) is 5.32. The van der Waals surface area contributed by atoms with Gasteiger partial charge in [-0.2, -0.15) is 13.2 Å². The van der Waals surface area contributed by atoms with E-state index >= 15 is 0 Å². The number of primary amides is 1. The lowest BCUT2D eigenvalue weighted by atomic mass is 9.92. The molecular formula is C22H31F3N8O6. The molecule has 0 aliphatic heterocycles. The van der Waals surface area contributed by atoms with Crippen LogP contribution in [0, 0.1) is 0 Å². The molecule has 0 heterocycles. The minimum Gasteiger partial charge on any atom is -0.481 e. The fourth-order valence-corrected chi connectivity index (χ4v) is 3.24. The molecule has 1 aromatic carbocycles. The third kappa shape index (κ3) is 10.8. The van der Waals surface area contributed by atoms with Crippen molar-refractivity contribution >= 4 is 35.6 Å². The van der Waals surface area contributed by atoms with Gasteiger partial charge in [0, 0.05) is 13.0 Å². The molecule has 0 aliphatic carbocycles. The van der Waals surface area contributed by atoms with Crippen LogP contribution in [0.4, 0.5) is 13.2 Å². The van der Waals surface area contributed by atoms with Gasteiger partial charge >= 0.3 is 12.1 Å². The van der Waals surface area contributed by atoms with Crippen molar-refractivity contribution in [1.82, 2.24) is 16.0 Å². The number of carbonyl (C=O) groups excluding carboxylic acids is 4. The lowest BCUT2D eigenvalue weighted by molar-refractivity contribution is -0.193. The SMILES string of the molecule is NC(=O)[C@H](Cc1ccccc1)NC(=O)[C@H](CC(=O)O)NC(=O)CNC(=O)[C@@](N)(CCCN=C(N)N)C(F)(F)F. The van der Waals surface area contributed by atoms with Crippen LogP contribution in [0.5, 0.6) is 0 Å². The Morgan fingerprint density at radius 3 is 2.10 bits per heavy atom. The molecule has 0 bridgehead atoms. The number of amides is 4. The number of hydrogen-bond donors (Lipinski definition) is 8. The summed E-state index contributed by atoms with van der Waals surface area (Å²) in [5, 5.41) is 15.1. The summed E-state index contributed by atoms with van der Waals surface area (Å²) in [5.41, 5.74) is 18.1. The molecule has 0 fully saturated rings. The van der Waals surface area contributed by atoms with Crippen molar-refractivity contribution in [2.45, 2.75) is 49.5 Å². The second-order valence-electron chi connectivity index (χ2n) is 8.43. The van der Waals surface area contributed by atoms with Crippen LogP contribution in [0.1, 0.15) is 24.8 Å². The molecule has 14 nitrogen and oxygen atoms in total. The van der Waals surface area contributed by atoms with E-state index < -0.39 is 72.8 Å². The van der Waals surface area contributed by atoms with Crippen molar-refractivity contribution in [3.05, 3.63) is 35.9 Å². The molecule has 12 N–H and O–H groups in total. The Morgan fingerprint density at radius 2 is 1.59 bits per heavy atom. The minimum absolute atomic E-state index is 0.0368. The Bertz CT molecular complexity index is 1070. The average Bonchev–Trinajstić information content (AvgIpc) is 2.83. The predicted octanol–water partition coefficient (Wildman–Crippen LogP) is -2.41. The molecule has 0 aliphatic rings. The summed E-state index contributed by atoms with van der Waals surface area (Å²) < 4.78 is 40.6. The van der Waals surface area contributed by atoms with E-state index in [0.29, 0.717) is 5.56 Å². The first-order valence-electron chi connectivity index (χ1n) is 11.4. The molecule has 3 atom stereocenters. The molecule has 1 aromatic rings. The fraction of sp³-hybridized carbons (Fsp3) is 0.455. The minimum atomic E-state index is -5.21. The van der Waals surface area contributed by atoms with Crippen molar-refractivity contribution in [2.24, 2.45) is 27.9 Å². The Morgan fingerprint density at radius 1 is 0.974 bits per heavy atom. The van der Waals surface area contributed by atoms with Crippen LogP contribution >= 0.6 is 0 Å². The molecule has 39 heavy (non-hydrogen) atoms. The number of aliphatic carboxylic acids is 1. The van der Waals surface area contributed by atoms with Gasteiger partial charge < -0.3 is 44.0 Å². The zero-order valence-corrected chi connectivity index (χ0v) is 20.7. The molecule has 1 rings (SSSR count). The van der Waals surface area contributed by atoms with Gasteiger partial charge in [0.1, 0.15) is 12.1 Å². The zero-order valence-electron chi connectivity index (χ0n) is 20.7. The number of rotatable bonds is 15. The van der Waals surface area contributed by atoms with E-state index in [1.165, 1.54) is 0 Å². The molecule has 4 amide bonds. The molecule has 0 saturated heterocycles. The van der Waals surface area contributed by atoms with Crippen LogP contribution in [0.25, 0.3) is 0 Å². The zero-order chi connectivity index (χ0) is 29.8. The number of hydrogen-bond acceptors (Lipinski definition) is 7. The summed E-state index contributed by atoms with van der Waals surface area (Å²) in [4.78, 5) is 63.8. The monoisotopic (exact) mass is 560 g/mol. The first-order chi connectivity index (χ1) is 18.1. The van der Waals surface area contributed by atoms with Crippen LogP contribution in [0.3, 0.4) is 0 Å². The number of carboxylic acids is 1. The van der Waals surface area contributed by atoms with Gasteiger partial charge in [-0.25, -0.2) is 0 Å². The lowest BCUT2D eigenvalue weighted by Gasteiger charge is -2.30. The number of guanidine groups is 1. The highest BCUT2D eigenvalue weighted by Crippen LogP contribution is 2.32. The van der Waals surface area contributed by atoms with Crippen LogP contribution in [-0.4, -0.2) is 77.6 Å². The highest BCUT2D eigenvalue weighted by molar-refractivity contribution is 5.95. The maximum absolute atomic E-state index is 13.5. The van der Waals surface area contributed by atoms with E-state index in [1.807, 2.05) is 5.32 Å². The summed E-state index contributed by atoms with van der Waals surface area (Å²) in [6.45, 7) is -1.32. The number of alkyl halides is 3. The van der Waals surface area contributed by atoms with E-state index in [1.54, 1.807) is 35.6 Å². The largest absolute Gasteiger partial charge is 0.481 e. The maximum Gasteiger partial charge on any atom is 0.415 e. The van der Waals surface area contributed by atoms with E-state index in [9.17, 15) is 37.1 Å². The summed E-state index contributed by atoms with van der Waals surface area (Å²) in [6.07, 6.45) is -7.43. The standard InChI is InChI=1S/C22H31F3N8O6/c23-22(24,25)21(29,7-4-8-30-20(27)28)19(39)31-11-15(34)32-14(10-16(35)36)18(38)33-13(17(26)37)9-12-5-2-1-3-6-12/h1-3,5-6,13-14H,4,7-11,29H2,(H2,26,37)(H,31,39)(H,32,34)(H,33,38)(H,35,36)(H4,27,28,30)/t13-,14-,21-/m0/s1. The number of carboxylic acid groups (broad SMARTS) is 1. The molecule has 0 unspecified atom stereocenters.